The van der Waals surface area contributed by atoms with E-state index in [4.69, 9.17) is 39.5 Å². The van der Waals surface area contributed by atoms with Crippen molar-refractivity contribution in [1.82, 2.24) is 5.32 Å². The second-order valence-corrected chi connectivity index (χ2v) is 7.80. The van der Waals surface area contributed by atoms with Gasteiger partial charge in [0.2, 0.25) is 5.91 Å². The van der Waals surface area contributed by atoms with Gasteiger partial charge in [-0.3, -0.25) is 9.59 Å². The first-order valence-electron chi connectivity index (χ1n) is 9.10. The summed E-state index contributed by atoms with van der Waals surface area (Å²) in [6.45, 7) is 1.22. The third-order valence-corrected chi connectivity index (χ3v) is 5.41. The predicted octanol–water partition coefficient (Wildman–Crippen LogP) is 4.61. The highest BCUT2D eigenvalue weighted by Crippen LogP contribution is 2.32. The number of amides is 2. The number of hydrogen-bond acceptors (Lipinski definition) is 4. The van der Waals surface area contributed by atoms with Gasteiger partial charge in [0.05, 0.1) is 33.4 Å². The highest BCUT2D eigenvalue weighted by molar-refractivity contribution is 6.44. The van der Waals surface area contributed by atoms with Crippen molar-refractivity contribution in [3.63, 3.8) is 0 Å². The molecule has 29 heavy (non-hydrogen) atoms. The van der Waals surface area contributed by atoms with Gasteiger partial charge in [0.25, 0.3) is 5.91 Å². The summed E-state index contributed by atoms with van der Waals surface area (Å²) in [5.41, 5.74) is 1.52. The van der Waals surface area contributed by atoms with Crippen LogP contribution in [0.4, 0.5) is 11.4 Å². The van der Waals surface area contributed by atoms with Crippen molar-refractivity contribution in [3.05, 3.63) is 57.0 Å². The molecule has 9 heteroatoms. The number of rotatable bonds is 7. The van der Waals surface area contributed by atoms with Gasteiger partial charge in [-0.15, -0.1) is 0 Å². The first kappa shape index (κ1) is 21.7. The second-order valence-electron chi connectivity index (χ2n) is 6.57. The normalized spacial score (nSPS) is 15.8. The van der Waals surface area contributed by atoms with Crippen molar-refractivity contribution >= 4 is 58.0 Å². The number of benzene rings is 2. The molecular weight excluding hydrogens is 437 g/mol. The van der Waals surface area contributed by atoms with E-state index >= 15 is 0 Å². The molecular formula is C20H20Cl3N3O3. The first-order chi connectivity index (χ1) is 13.9. The Bertz CT molecular complexity index is 902. The molecule has 2 amide bonds. The SMILES string of the molecule is O=C(CNc1cccc(C(=O)NCC2CCCO2)c1)Nc1cc(Cl)c(Cl)cc1Cl. The summed E-state index contributed by atoms with van der Waals surface area (Å²) in [5.74, 6) is -0.505. The standard InChI is InChI=1S/C20H20Cl3N3O3/c21-15-8-17(23)18(9-16(15)22)26-19(27)11-24-13-4-1-3-12(7-13)20(28)25-10-14-5-2-6-29-14/h1,3-4,7-9,14,24H,2,5-6,10-11H2,(H,25,28)(H,26,27). The molecule has 1 saturated heterocycles. The average Bonchev–Trinajstić information content (AvgIpc) is 3.22. The Kier molecular flexibility index (Phi) is 7.61. The van der Waals surface area contributed by atoms with Crippen LogP contribution in [-0.4, -0.2) is 37.6 Å². The lowest BCUT2D eigenvalue weighted by molar-refractivity contribution is -0.114. The first-order valence-corrected chi connectivity index (χ1v) is 10.2. The van der Waals surface area contributed by atoms with Crippen LogP contribution in [0, 0.1) is 0 Å². The van der Waals surface area contributed by atoms with Gasteiger partial charge >= 0.3 is 0 Å². The van der Waals surface area contributed by atoms with E-state index in [0.717, 1.165) is 19.4 Å². The fourth-order valence-electron chi connectivity index (χ4n) is 2.88. The molecule has 1 atom stereocenters. The van der Waals surface area contributed by atoms with Gasteiger partial charge in [-0.2, -0.15) is 0 Å². The number of carbonyl (C=O) groups excluding carboxylic acids is 2. The summed E-state index contributed by atoms with van der Waals surface area (Å²) >= 11 is 17.9. The lowest BCUT2D eigenvalue weighted by Crippen LogP contribution is -2.31. The zero-order chi connectivity index (χ0) is 20.8. The molecule has 0 saturated carbocycles. The van der Waals surface area contributed by atoms with Crippen molar-refractivity contribution < 1.29 is 14.3 Å². The summed E-state index contributed by atoms with van der Waals surface area (Å²) in [6, 6.07) is 9.87. The number of anilines is 2. The van der Waals surface area contributed by atoms with E-state index in [1.165, 1.54) is 12.1 Å². The van der Waals surface area contributed by atoms with Crippen molar-refractivity contribution in [2.45, 2.75) is 18.9 Å². The van der Waals surface area contributed by atoms with Gasteiger partial charge in [-0.1, -0.05) is 40.9 Å². The predicted molar refractivity (Wildman–Crippen MR) is 116 cm³/mol. The van der Waals surface area contributed by atoms with Gasteiger partial charge in [-0.05, 0) is 43.2 Å². The molecule has 154 valence electrons. The van der Waals surface area contributed by atoms with Gasteiger partial charge in [0, 0.05) is 24.4 Å². The van der Waals surface area contributed by atoms with Crippen molar-refractivity contribution in [1.29, 1.82) is 0 Å². The molecule has 3 rings (SSSR count). The van der Waals surface area contributed by atoms with E-state index in [9.17, 15) is 9.59 Å². The highest BCUT2D eigenvalue weighted by atomic mass is 35.5. The van der Waals surface area contributed by atoms with Crippen LogP contribution in [0.1, 0.15) is 23.2 Å². The Morgan fingerprint density at radius 2 is 1.86 bits per heavy atom. The smallest absolute Gasteiger partial charge is 0.251 e. The number of nitrogens with one attached hydrogen (secondary N) is 3. The van der Waals surface area contributed by atoms with Crippen molar-refractivity contribution in [2.75, 3.05) is 30.3 Å². The fraction of sp³-hybridized carbons (Fsp3) is 0.300. The van der Waals surface area contributed by atoms with Crippen LogP contribution in [0.15, 0.2) is 36.4 Å². The average molecular weight is 457 g/mol. The van der Waals surface area contributed by atoms with Crippen LogP contribution >= 0.6 is 34.8 Å². The molecule has 0 aromatic heterocycles. The maximum absolute atomic E-state index is 12.3. The lowest BCUT2D eigenvalue weighted by Gasteiger charge is -2.12. The maximum atomic E-state index is 12.3. The van der Waals surface area contributed by atoms with E-state index in [1.54, 1.807) is 24.3 Å². The molecule has 1 fully saturated rings. The molecule has 2 aromatic carbocycles. The highest BCUT2D eigenvalue weighted by Gasteiger charge is 2.17. The molecule has 0 spiro atoms. The topological polar surface area (TPSA) is 79.5 Å². The minimum atomic E-state index is -0.321. The van der Waals surface area contributed by atoms with E-state index in [2.05, 4.69) is 16.0 Å². The Morgan fingerprint density at radius 1 is 1.07 bits per heavy atom. The molecule has 0 radical (unpaired) electrons. The molecule has 1 unspecified atom stereocenters. The summed E-state index contributed by atoms with van der Waals surface area (Å²) < 4.78 is 5.50. The Morgan fingerprint density at radius 3 is 2.62 bits per heavy atom. The van der Waals surface area contributed by atoms with E-state index in [1.807, 2.05) is 0 Å². The monoisotopic (exact) mass is 455 g/mol. The third-order valence-electron chi connectivity index (χ3n) is 4.38. The summed E-state index contributed by atoms with van der Waals surface area (Å²) in [5, 5.41) is 9.41. The molecule has 3 N–H and O–H groups in total. The number of halogens is 3. The Balaban J connectivity index is 1.52. The molecule has 1 aliphatic heterocycles. The fourth-order valence-corrected chi connectivity index (χ4v) is 3.47. The van der Waals surface area contributed by atoms with E-state index < -0.39 is 0 Å². The summed E-state index contributed by atoms with van der Waals surface area (Å²) in [6.07, 6.45) is 2.06. The van der Waals surface area contributed by atoms with Crippen LogP contribution in [0.25, 0.3) is 0 Å². The van der Waals surface area contributed by atoms with Crippen molar-refractivity contribution in [3.8, 4) is 0 Å². The quantitative estimate of drug-likeness (QED) is 0.532. The van der Waals surface area contributed by atoms with Gasteiger partial charge in [0.15, 0.2) is 0 Å². The molecule has 0 aliphatic carbocycles. The largest absolute Gasteiger partial charge is 0.376 e. The summed E-state index contributed by atoms with van der Waals surface area (Å²) in [4.78, 5) is 24.5. The Labute approximate surface area is 183 Å². The second kappa shape index (κ2) is 10.2. The van der Waals surface area contributed by atoms with Gasteiger partial charge in [0.1, 0.15) is 0 Å². The van der Waals surface area contributed by atoms with Crippen molar-refractivity contribution in [2.24, 2.45) is 0 Å². The van der Waals surface area contributed by atoms with E-state index in [-0.39, 0.29) is 29.5 Å². The molecule has 2 aromatic rings. The molecule has 0 bridgehead atoms. The summed E-state index contributed by atoms with van der Waals surface area (Å²) in [7, 11) is 0. The van der Waals surface area contributed by atoms with Gasteiger partial charge in [-0.25, -0.2) is 0 Å². The van der Waals surface area contributed by atoms with Gasteiger partial charge < -0.3 is 20.7 Å². The lowest BCUT2D eigenvalue weighted by atomic mass is 10.1. The number of hydrogen-bond donors (Lipinski definition) is 3. The minimum Gasteiger partial charge on any atom is -0.376 e. The third kappa shape index (κ3) is 6.24. The minimum absolute atomic E-state index is 0.0163. The van der Waals surface area contributed by atoms with Crippen LogP contribution in [0.5, 0.6) is 0 Å². The zero-order valence-electron chi connectivity index (χ0n) is 15.4. The van der Waals surface area contributed by atoms with Crippen LogP contribution in [-0.2, 0) is 9.53 Å². The molecule has 1 heterocycles. The maximum Gasteiger partial charge on any atom is 0.251 e. The number of ether oxygens (including phenoxy) is 1. The number of carbonyl (C=O) groups is 2. The van der Waals surface area contributed by atoms with E-state index in [0.29, 0.717) is 33.5 Å². The van der Waals surface area contributed by atoms with Crippen LogP contribution in [0.3, 0.4) is 0 Å². The van der Waals surface area contributed by atoms with Crippen LogP contribution in [0.2, 0.25) is 15.1 Å². The molecule has 1 aliphatic rings. The Hall–Kier alpha value is -1.99. The molecule has 6 nitrogen and oxygen atoms in total. The zero-order valence-corrected chi connectivity index (χ0v) is 17.7. The van der Waals surface area contributed by atoms with Crippen LogP contribution < -0.4 is 16.0 Å².